The number of rotatable bonds is 3. The molecule has 0 aromatic heterocycles. The summed E-state index contributed by atoms with van der Waals surface area (Å²) in [5, 5.41) is 6.26. The van der Waals surface area contributed by atoms with Crippen molar-refractivity contribution in [1.82, 2.24) is 10.6 Å². The molecule has 0 heterocycles. The van der Waals surface area contributed by atoms with E-state index >= 15 is 0 Å². The molecule has 0 unspecified atom stereocenters. The summed E-state index contributed by atoms with van der Waals surface area (Å²) in [6.07, 6.45) is -4.33. The average molecular weight is 429 g/mol. The first-order valence-corrected chi connectivity index (χ1v) is 6.84. The fourth-order valence-corrected chi connectivity index (χ4v) is 1.68. The maximum absolute atomic E-state index is 12.6. The highest BCUT2D eigenvalue weighted by Gasteiger charge is 2.30. The van der Waals surface area contributed by atoms with E-state index in [2.05, 4.69) is 15.6 Å². The van der Waals surface area contributed by atoms with Crippen molar-refractivity contribution in [2.75, 3.05) is 6.54 Å². The van der Waals surface area contributed by atoms with Gasteiger partial charge >= 0.3 is 6.18 Å². The Kier molecular flexibility index (Phi) is 8.21. The highest BCUT2D eigenvalue weighted by atomic mass is 127. The molecule has 0 radical (unpaired) electrons. The largest absolute Gasteiger partial charge is 0.416 e. The van der Waals surface area contributed by atoms with E-state index in [-0.39, 0.29) is 36.1 Å². The Morgan fingerprint density at radius 3 is 2.32 bits per heavy atom. The van der Waals surface area contributed by atoms with E-state index in [1.807, 2.05) is 27.7 Å². The van der Waals surface area contributed by atoms with Crippen LogP contribution >= 0.6 is 24.0 Å². The third-order valence-electron chi connectivity index (χ3n) is 2.51. The molecule has 2 N–H and O–H groups in total. The number of nitrogens with one attached hydrogen (secondary N) is 2. The molecule has 0 aliphatic carbocycles. The zero-order chi connectivity index (χ0) is 16.1. The van der Waals surface area contributed by atoms with E-state index in [9.17, 15) is 13.2 Å². The van der Waals surface area contributed by atoms with E-state index in [0.717, 1.165) is 12.1 Å². The van der Waals surface area contributed by atoms with Gasteiger partial charge in [0.25, 0.3) is 0 Å². The summed E-state index contributed by atoms with van der Waals surface area (Å²) in [5.41, 5.74) is -0.297. The minimum absolute atomic E-state index is 0. The molecule has 0 atom stereocenters. The summed E-state index contributed by atoms with van der Waals surface area (Å²) in [6, 6.07) is 5.23. The quantitative estimate of drug-likeness (QED) is 0.430. The highest BCUT2D eigenvalue weighted by Crippen LogP contribution is 2.29. The smallest absolute Gasteiger partial charge is 0.357 e. The van der Waals surface area contributed by atoms with Crippen LogP contribution in [0.4, 0.5) is 13.2 Å². The second kappa shape index (κ2) is 8.59. The van der Waals surface area contributed by atoms with Crippen molar-refractivity contribution in [3.63, 3.8) is 0 Å². The second-order valence-corrected chi connectivity index (χ2v) is 5.77. The molecule has 1 rings (SSSR count). The molecular weight excluding hydrogens is 406 g/mol. The minimum atomic E-state index is -4.33. The molecule has 1 aromatic rings. The first kappa shape index (κ1) is 21.0. The standard InChI is InChI=1S/C15H22F3N3.HI/c1-5-19-13(21-14(2,3)4)20-10-11-7-6-8-12(9-11)15(16,17)18;/h6-9H,5,10H2,1-4H3,(H2,19,20,21);1H. The summed E-state index contributed by atoms with van der Waals surface area (Å²) >= 11 is 0. The Morgan fingerprint density at radius 2 is 1.82 bits per heavy atom. The van der Waals surface area contributed by atoms with Gasteiger partial charge in [0.2, 0.25) is 0 Å². The van der Waals surface area contributed by atoms with E-state index in [1.165, 1.54) is 6.07 Å². The van der Waals surface area contributed by atoms with Crippen LogP contribution in [-0.4, -0.2) is 18.0 Å². The van der Waals surface area contributed by atoms with Crippen LogP contribution in [0, 0.1) is 0 Å². The molecule has 0 aliphatic heterocycles. The number of benzene rings is 1. The predicted molar refractivity (Wildman–Crippen MR) is 94.6 cm³/mol. The maximum Gasteiger partial charge on any atom is 0.416 e. The van der Waals surface area contributed by atoms with Gasteiger partial charge in [0.1, 0.15) is 0 Å². The molecule has 0 saturated carbocycles. The van der Waals surface area contributed by atoms with E-state index in [0.29, 0.717) is 18.1 Å². The molecule has 0 fully saturated rings. The lowest BCUT2D eigenvalue weighted by molar-refractivity contribution is -0.137. The van der Waals surface area contributed by atoms with Crippen LogP contribution < -0.4 is 10.6 Å². The molecule has 0 amide bonds. The number of halogens is 4. The van der Waals surface area contributed by atoms with Gasteiger partial charge in [-0.2, -0.15) is 13.2 Å². The Labute approximate surface area is 146 Å². The molecule has 22 heavy (non-hydrogen) atoms. The van der Waals surface area contributed by atoms with Crippen molar-refractivity contribution >= 4 is 29.9 Å². The molecule has 3 nitrogen and oxygen atoms in total. The fraction of sp³-hybridized carbons (Fsp3) is 0.533. The van der Waals surface area contributed by atoms with Gasteiger partial charge in [0.05, 0.1) is 12.1 Å². The summed E-state index contributed by atoms with van der Waals surface area (Å²) in [4.78, 5) is 4.32. The molecule has 1 aromatic carbocycles. The van der Waals surface area contributed by atoms with Crippen molar-refractivity contribution in [2.45, 2.75) is 46.0 Å². The van der Waals surface area contributed by atoms with Crippen LogP contribution in [0.3, 0.4) is 0 Å². The number of aliphatic imine (C=N–C) groups is 1. The fourth-order valence-electron chi connectivity index (χ4n) is 1.68. The molecule has 0 spiro atoms. The third-order valence-corrected chi connectivity index (χ3v) is 2.51. The number of hydrogen-bond acceptors (Lipinski definition) is 1. The molecule has 0 aliphatic rings. The summed E-state index contributed by atoms with van der Waals surface area (Å²) in [5.74, 6) is 0.586. The number of alkyl halides is 3. The van der Waals surface area contributed by atoms with Crippen LogP contribution in [0.25, 0.3) is 0 Å². The lowest BCUT2D eigenvalue weighted by Crippen LogP contribution is -2.47. The van der Waals surface area contributed by atoms with Crippen LogP contribution in [0.2, 0.25) is 0 Å². The molecule has 7 heteroatoms. The molecular formula is C15H23F3IN3. The summed E-state index contributed by atoms with van der Waals surface area (Å²) in [6.45, 7) is 8.78. The highest BCUT2D eigenvalue weighted by molar-refractivity contribution is 14.0. The van der Waals surface area contributed by atoms with Gasteiger partial charge in [-0.15, -0.1) is 24.0 Å². The minimum Gasteiger partial charge on any atom is -0.357 e. The van der Waals surface area contributed by atoms with Gasteiger partial charge < -0.3 is 10.6 Å². The van der Waals surface area contributed by atoms with Crippen LogP contribution in [0.5, 0.6) is 0 Å². The molecule has 126 valence electrons. The van der Waals surface area contributed by atoms with Crippen molar-refractivity contribution in [3.05, 3.63) is 35.4 Å². The second-order valence-electron chi connectivity index (χ2n) is 5.77. The third kappa shape index (κ3) is 7.86. The van der Waals surface area contributed by atoms with Gasteiger partial charge in [-0.3, -0.25) is 0 Å². The Bertz CT molecular complexity index is 494. The molecule has 0 bridgehead atoms. The Morgan fingerprint density at radius 1 is 1.18 bits per heavy atom. The van der Waals surface area contributed by atoms with Crippen molar-refractivity contribution < 1.29 is 13.2 Å². The van der Waals surface area contributed by atoms with E-state index in [4.69, 9.17) is 0 Å². The monoisotopic (exact) mass is 429 g/mol. The van der Waals surface area contributed by atoms with E-state index < -0.39 is 11.7 Å². The van der Waals surface area contributed by atoms with Gasteiger partial charge in [-0.05, 0) is 45.4 Å². The maximum atomic E-state index is 12.6. The first-order valence-electron chi connectivity index (χ1n) is 6.84. The lowest BCUT2D eigenvalue weighted by atomic mass is 10.1. The van der Waals surface area contributed by atoms with Crippen LogP contribution in [-0.2, 0) is 12.7 Å². The van der Waals surface area contributed by atoms with Crippen LogP contribution in [0.1, 0.15) is 38.8 Å². The SMILES string of the molecule is CCNC(=NCc1cccc(C(F)(F)F)c1)NC(C)(C)C.I. The normalized spacial score (nSPS) is 12.6. The van der Waals surface area contributed by atoms with Gasteiger partial charge in [0, 0.05) is 12.1 Å². The lowest BCUT2D eigenvalue weighted by Gasteiger charge is -2.23. The number of nitrogens with zero attached hydrogens (tertiary/aromatic N) is 1. The number of hydrogen-bond donors (Lipinski definition) is 2. The zero-order valence-corrected chi connectivity index (χ0v) is 15.5. The zero-order valence-electron chi connectivity index (χ0n) is 13.2. The first-order chi connectivity index (χ1) is 9.62. The van der Waals surface area contributed by atoms with E-state index in [1.54, 1.807) is 6.07 Å². The van der Waals surface area contributed by atoms with Gasteiger partial charge in [0.15, 0.2) is 5.96 Å². The molecule has 0 saturated heterocycles. The predicted octanol–water partition coefficient (Wildman–Crippen LogP) is 4.18. The van der Waals surface area contributed by atoms with Crippen molar-refractivity contribution in [3.8, 4) is 0 Å². The Hall–Kier alpha value is -0.990. The van der Waals surface area contributed by atoms with Crippen LogP contribution in [0.15, 0.2) is 29.3 Å². The van der Waals surface area contributed by atoms with Gasteiger partial charge in [-0.25, -0.2) is 4.99 Å². The van der Waals surface area contributed by atoms with Gasteiger partial charge in [-0.1, -0.05) is 12.1 Å². The summed E-state index contributed by atoms with van der Waals surface area (Å²) in [7, 11) is 0. The average Bonchev–Trinajstić information content (AvgIpc) is 2.34. The number of guanidine groups is 1. The Balaban J connectivity index is 0.00000441. The summed E-state index contributed by atoms with van der Waals surface area (Å²) < 4.78 is 37.9. The topological polar surface area (TPSA) is 36.4 Å². The van der Waals surface area contributed by atoms with Crippen molar-refractivity contribution in [1.29, 1.82) is 0 Å². The van der Waals surface area contributed by atoms with Crippen molar-refractivity contribution in [2.24, 2.45) is 4.99 Å².